The molecule has 1 aliphatic carbocycles. The van der Waals surface area contributed by atoms with Crippen LogP contribution >= 0.6 is 0 Å². The summed E-state index contributed by atoms with van der Waals surface area (Å²) < 4.78 is 11.4. The Morgan fingerprint density at radius 3 is 3.04 bits per heavy atom. The molecule has 1 fully saturated rings. The van der Waals surface area contributed by atoms with Gasteiger partial charge in [-0.3, -0.25) is 10.1 Å². The molecule has 3 N–H and O–H groups in total. The van der Waals surface area contributed by atoms with E-state index in [9.17, 15) is 4.79 Å². The molecule has 1 saturated carbocycles. The van der Waals surface area contributed by atoms with Crippen molar-refractivity contribution in [1.29, 1.82) is 0 Å². The summed E-state index contributed by atoms with van der Waals surface area (Å²) in [6.07, 6.45) is 7.36. The number of nitrogens with one attached hydrogen (secondary N) is 3. The zero-order valence-corrected chi connectivity index (χ0v) is 15.4. The van der Waals surface area contributed by atoms with Gasteiger partial charge in [-0.1, -0.05) is 0 Å². The lowest BCUT2D eigenvalue weighted by Gasteiger charge is -2.17. The van der Waals surface area contributed by atoms with E-state index in [1.165, 1.54) is 0 Å². The Hall–Kier alpha value is -2.77. The van der Waals surface area contributed by atoms with Crippen LogP contribution < -0.4 is 15.4 Å². The molecule has 0 saturated heterocycles. The van der Waals surface area contributed by atoms with Crippen LogP contribution in [0.4, 0.5) is 16.3 Å². The highest BCUT2D eigenvalue weighted by Crippen LogP contribution is 2.36. The SMILES string of the molecule is CC1CCCOc2cncc(c2)Nc2cc([nH]n2)C2CCC(C2)OC(=O)N1. The van der Waals surface area contributed by atoms with Crippen molar-refractivity contribution in [3.8, 4) is 5.75 Å². The van der Waals surface area contributed by atoms with Crippen LogP contribution in [0.15, 0.2) is 24.5 Å². The fourth-order valence-electron chi connectivity index (χ4n) is 3.69. The lowest BCUT2D eigenvalue weighted by atomic mass is 10.0. The van der Waals surface area contributed by atoms with Crippen LogP contribution in [0.3, 0.4) is 0 Å². The minimum atomic E-state index is -0.334. The van der Waals surface area contributed by atoms with Crippen molar-refractivity contribution in [3.63, 3.8) is 0 Å². The van der Waals surface area contributed by atoms with Crippen molar-refractivity contribution in [2.75, 3.05) is 11.9 Å². The Morgan fingerprint density at radius 1 is 1.19 bits per heavy atom. The molecule has 0 spiro atoms. The number of ether oxygens (including phenoxy) is 2. The topological polar surface area (TPSA) is 101 Å². The van der Waals surface area contributed by atoms with Gasteiger partial charge in [0.05, 0.1) is 24.7 Å². The molecule has 0 aromatic carbocycles. The van der Waals surface area contributed by atoms with E-state index in [0.717, 1.165) is 49.3 Å². The number of carbonyl (C=O) groups excluding carboxylic acids is 1. The highest BCUT2D eigenvalue weighted by atomic mass is 16.6. The van der Waals surface area contributed by atoms with E-state index in [-0.39, 0.29) is 18.2 Å². The summed E-state index contributed by atoms with van der Waals surface area (Å²) in [5, 5.41) is 13.6. The average molecular weight is 371 g/mol. The van der Waals surface area contributed by atoms with Gasteiger partial charge in [-0.25, -0.2) is 4.79 Å². The number of hydrogen-bond donors (Lipinski definition) is 3. The molecule has 3 atom stereocenters. The van der Waals surface area contributed by atoms with Gasteiger partial charge in [-0.15, -0.1) is 0 Å². The minimum absolute atomic E-state index is 0.0403. The van der Waals surface area contributed by atoms with E-state index in [1.807, 2.05) is 19.1 Å². The number of pyridine rings is 1. The molecule has 1 aliphatic heterocycles. The zero-order valence-electron chi connectivity index (χ0n) is 15.4. The second-order valence-corrected chi connectivity index (χ2v) is 7.32. The smallest absolute Gasteiger partial charge is 0.407 e. The number of amides is 1. The lowest BCUT2D eigenvalue weighted by molar-refractivity contribution is 0.0969. The zero-order chi connectivity index (χ0) is 18.6. The molecule has 2 aromatic heterocycles. The van der Waals surface area contributed by atoms with E-state index in [4.69, 9.17) is 9.47 Å². The molecule has 27 heavy (non-hydrogen) atoms. The Labute approximate surface area is 158 Å². The highest BCUT2D eigenvalue weighted by Gasteiger charge is 2.30. The number of nitrogens with zero attached hydrogens (tertiary/aromatic N) is 2. The minimum Gasteiger partial charge on any atom is -0.492 e. The number of hydrogen-bond acceptors (Lipinski definition) is 6. The van der Waals surface area contributed by atoms with Crippen molar-refractivity contribution < 1.29 is 14.3 Å². The van der Waals surface area contributed by atoms with Gasteiger partial charge in [-0.05, 0) is 39.0 Å². The largest absolute Gasteiger partial charge is 0.492 e. The molecule has 3 unspecified atom stereocenters. The molecule has 144 valence electrons. The van der Waals surface area contributed by atoms with Gasteiger partial charge in [0.2, 0.25) is 0 Å². The van der Waals surface area contributed by atoms with E-state index in [1.54, 1.807) is 12.4 Å². The maximum Gasteiger partial charge on any atom is 0.407 e. The molecule has 8 nitrogen and oxygen atoms in total. The highest BCUT2D eigenvalue weighted by molar-refractivity contribution is 5.67. The number of fused-ring (bicyclic) bond motifs is 7. The van der Waals surface area contributed by atoms with E-state index in [2.05, 4.69) is 25.8 Å². The van der Waals surface area contributed by atoms with E-state index < -0.39 is 0 Å². The second-order valence-electron chi connectivity index (χ2n) is 7.32. The number of aromatic nitrogens is 3. The Bertz CT molecular complexity index is 793. The molecule has 8 heteroatoms. The van der Waals surface area contributed by atoms with Gasteiger partial charge in [0, 0.05) is 29.8 Å². The number of anilines is 2. The Morgan fingerprint density at radius 2 is 2.11 bits per heavy atom. The number of aromatic amines is 1. The average Bonchev–Trinajstić information content (AvgIpc) is 3.28. The van der Waals surface area contributed by atoms with Crippen molar-refractivity contribution >= 4 is 17.6 Å². The van der Waals surface area contributed by atoms with Gasteiger partial charge in [0.15, 0.2) is 5.82 Å². The first-order valence-electron chi connectivity index (χ1n) is 9.53. The normalized spacial score (nSPS) is 26.0. The molecule has 0 radical (unpaired) electrons. The lowest BCUT2D eigenvalue weighted by Crippen LogP contribution is -2.35. The Balaban J connectivity index is 1.52. The first-order valence-corrected chi connectivity index (χ1v) is 9.53. The van der Waals surface area contributed by atoms with Gasteiger partial charge in [0.1, 0.15) is 11.9 Å². The molecular weight excluding hydrogens is 346 g/mol. The molecule has 4 rings (SSSR count). The monoisotopic (exact) mass is 371 g/mol. The molecule has 2 aromatic rings. The standard InChI is InChI=1S/C19H25N5O3/c1-12-3-2-6-26-16-8-14(10-20-11-16)22-18-9-17(23-24-18)13-4-5-15(7-13)27-19(25)21-12/h8-13,15H,2-7H2,1H3,(H,21,25)(H2,22,23,24). The first kappa shape index (κ1) is 17.6. The second kappa shape index (κ2) is 7.85. The fourth-order valence-corrected chi connectivity index (χ4v) is 3.69. The molecular formula is C19H25N5O3. The number of H-pyrrole nitrogens is 1. The van der Waals surface area contributed by atoms with Crippen molar-refractivity contribution in [1.82, 2.24) is 20.5 Å². The predicted octanol–water partition coefficient (Wildman–Crippen LogP) is 3.47. The van der Waals surface area contributed by atoms with Crippen LogP contribution in [0, 0.1) is 0 Å². The fraction of sp³-hybridized carbons (Fsp3) is 0.526. The van der Waals surface area contributed by atoms with Crippen molar-refractivity contribution in [2.45, 2.75) is 57.1 Å². The molecule has 1 amide bonds. The quantitative estimate of drug-likeness (QED) is 0.655. The van der Waals surface area contributed by atoms with Gasteiger partial charge >= 0.3 is 6.09 Å². The van der Waals surface area contributed by atoms with E-state index >= 15 is 0 Å². The molecule has 6 bridgehead atoms. The third-order valence-corrected chi connectivity index (χ3v) is 5.10. The third-order valence-electron chi connectivity index (χ3n) is 5.10. The number of rotatable bonds is 0. The summed E-state index contributed by atoms with van der Waals surface area (Å²) in [6, 6.07) is 3.96. The van der Waals surface area contributed by atoms with Crippen molar-refractivity contribution in [3.05, 3.63) is 30.2 Å². The maximum absolute atomic E-state index is 12.1. The number of alkyl carbamates (subject to hydrolysis) is 1. The first-order chi connectivity index (χ1) is 13.2. The Kier molecular flexibility index (Phi) is 5.13. The van der Waals surface area contributed by atoms with Crippen LogP contribution in [-0.2, 0) is 4.74 Å². The van der Waals surface area contributed by atoms with Crippen molar-refractivity contribution in [2.24, 2.45) is 0 Å². The van der Waals surface area contributed by atoms with Crippen LogP contribution in [0.2, 0.25) is 0 Å². The summed E-state index contributed by atoms with van der Waals surface area (Å²) in [5.74, 6) is 1.76. The summed E-state index contributed by atoms with van der Waals surface area (Å²) in [5.41, 5.74) is 1.89. The van der Waals surface area contributed by atoms with Gasteiger partial charge in [-0.2, -0.15) is 5.10 Å². The summed E-state index contributed by atoms with van der Waals surface area (Å²) >= 11 is 0. The van der Waals surface area contributed by atoms with Crippen LogP contribution in [0.5, 0.6) is 5.75 Å². The summed E-state index contributed by atoms with van der Waals surface area (Å²) in [4.78, 5) is 16.3. The predicted molar refractivity (Wildman–Crippen MR) is 100 cm³/mol. The third kappa shape index (κ3) is 4.50. The van der Waals surface area contributed by atoms with Crippen LogP contribution in [0.25, 0.3) is 0 Å². The van der Waals surface area contributed by atoms with Crippen LogP contribution in [-0.4, -0.2) is 40.0 Å². The van der Waals surface area contributed by atoms with Crippen LogP contribution in [0.1, 0.15) is 50.6 Å². The maximum atomic E-state index is 12.1. The number of carbonyl (C=O) groups is 1. The molecule has 2 aliphatic rings. The van der Waals surface area contributed by atoms with Gasteiger partial charge < -0.3 is 20.1 Å². The van der Waals surface area contributed by atoms with Gasteiger partial charge in [0.25, 0.3) is 0 Å². The summed E-state index contributed by atoms with van der Waals surface area (Å²) in [7, 11) is 0. The van der Waals surface area contributed by atoms with E-state index in [0.29, 0.717) is 18.3 Å². The summed E-state index contributed by atoms with van der Waals surface area (Å²) in [6.45, 7) is 2.54. The molecule has 3 heterocycles.